The van der Waals surface area contributed by atoms with E-state index < -0.39 is 6.04 Å². The van der Waals surface area contributed by atoms with Gasteiger partial charge in [0.2, 0.25) is 5.91 Å². The lowest BCUT2D eigenvalue weighted by Gasteiger charge is -2.35. The third-order valence-electron chi connectivity index (χ3n) is 3.64. The molecule has 2 atom stereocenters. The second kappa shape index (κ2) is 6.56. The van der Waals surface area contributed by atoms with Gasteiger partial charge in [-0.3, -0.25) is 4.79 Å². The Balaban J connectivity index is 2.22. The molecule has 6 heteroatoms. The molecule has 1 fully saturated rings. The minimum Gasteiger partial charge on any atom is -0.352 e. The molecular formula is C15H20FN3O2. The van der Waals surface area contributed by atoms with Crippen LogP contribution in [0.1, 0.15) is 31.9 Å². The molecule has 5 nitrogen and oxygen atoms in total. The van der Waals surface area contributed by atoms with Crippen molar-refractivity contribution in [2.75, 3.05) is 13.1 Å². The summed E-state index contributed by atoms with van der Waals surface area (Å²) in [6, 6.07) is 4.71. The van der Waals surface area contributed by atoms with Gasteiger partial charge < -0.3 is 15.5 Å². The first-order chi connectivity index (χ1) is 10.0. The Morgan fingerprint density at radius 3 is 2.76 bits per heavy atom. The van der Waals surface area contributed by atoms with Crippen LogP contribution in [0, 0.1) is 5.82 Å². The van der Waals surface area contributed by atoms with Crippen LogP contribution in [0.5, 0.6) is 0 Å². The summed E-state index contributed by atoms with van der Waals surface area (Å²) in [5, 5.41) is 5.61. The molecule has 21 heavy (non-hydrogen) atoms. The summed E-state index contributed by atoms with van der Waals surface area (Å²) in [6.07, 6.45) is 0.812. The van der Waals surface area contributed by atoms with Gasteiger partial charge in [0.15, 0.2) is 0 Å². The standard InChI is InChI=1S/C15H20FN3O2/c1-3-10(2)18-15(21)19-9-8-17-14(20)13(19)11-4-6-12(16)7-5-11/h4-7,10,13H,3,8-9H2,1-2H3,(H,17,20)(H,18,21). The highest BCUT2D eigenvalue weighted by Gasteiger charge is 2.34. The van der Waals surface area contributed by atoms with E-state index in [9.17, 15) is 14.0 Å². The quantitative estimate of drug-likeness (QED) is 0.893. The number of hydrogen-bond acceptors (Lipinski definition) is 2. The van der Waals surface area contributed by atoms with Crippen molar-refractivity contribution in [2.24, 2.45) is 0 Å². The van der Waals surface area contributed by atoms with E-state index in [1.165, 1.54) is 29.2 Å². The molecule has 1 aromatic carbocycles. The third kappa shape index (κ3) is 3.51. The number of amides is 3. The fraction of sp³-hybridized carbons (Fsp3) is 0.467. The van der Waals surface area contributed by atoms with E-state index in [1.807, 2.05) is 13.8 Å². The zero-order valence-corrected chi connectivity index (χ0v) is 12.2. The van der Waals surface area contributed by atoms with Crippen LogP contribution in [0.3, 0.4) is 0 Å². The zero-order valence-electron chi connectivity index (χ0n) is 12.2. The minimum atomic E-state index is -0.719. The Labute approximate surface area is 123 Å². The van der Waals surface area contributed by atoms with Crippen LogP contribution in [0.25, 0.3) is 0 Å². The second-order valence-corrected chi connectivity index (χ2v) is 5.20. The number of piperazine rings is 1. The van der Waals surface area contributed by atoms with Gasteiger partial charge in [-0.05, 0) is 31.0 Å². The fourth-order valence-corrected chi connectivity index (χ4v) is 2.26. The molecule has 2 unspecified atom stereocenters. The summed E-state index contributed by atoms with van der Waals surface area (Å²) in [4.78, 5) is 25.9. The maximum absolute atomic E-state index is 13.0. The van der Waals surface area contributed by atoms with Crippen LogP contribution in [0.15, 0.2) is 24.3 Å². The summed E-state index contributed by atoms with van der Waals surface area (Å²) in [5.41, 5.74) is 0.605. The van der Waals surface area contributed by atoms with Gasteiger partial charge in [0, 0.05) is 19.1 Å². The summed E-state index contributed by atoms with van der Waals surface area (Å²) >= 11 is 0. The molecule has 0 aliphatic carbocycles. The molecule has 1 saturated heterocycles. The summed E-state index contributed by atoms with van der Waals surface area (Å²) in [5.74, 6) is -0.613. The van der Waals surface area contributed by atoms with Gasteiger partial charge in [0.05, 0.1) is 0 Å². The summed E-state index contributed by atoms with van der Waals surface area (Å²) < 4.78 is 13.0. The van der Waals surface area contributed by atoms with Gasteiger partial charge in [0.1, 0.15) is 11.9 Å². The van der Waals surface area contributed by atoms with Crippen LogP contribution >= 0.6 is 0 Å². The molecular weight excluding hydrogens is 273 g/mol. The van der Waals surface area contributed by atoms with Crippen molar-refractivity contribution < 1.29 is 14.0 Å². The van der Waals surface area contributed by atoms with Crippen molar-refractivity contribution in [3.8, 4) is 0 Å². The van der Waals surface area contributed by atoms with Crippen LogP contribution in [-0.4, -0.2) is 36.0 Å². The highest BCUT2D eigenvalue weighted by molar-refractivity contribution is 5.89. The predicted molar refractivity (Wildman–Crippen MR) is 77.1 cm³/mol. The minimum absolute atomic E-state index is 0.0383. The Kier molecular flexibility index (Phi) is 4.77. The van der Waals surface area contributed by atoms with Crippen LogP contribution < -0.4 is 10.6 Å². The molecule has 3 amide bonds. The van der Waals surface area contributed by atoms with Crippen molar-refractivity contribution in [3.63, 3.8) is 0 Å². The Morgan fingerprint density at radius 2 is 2.14 bits per heavy atom. The Morgan fingerprint density at radius 1 is 1.48 bits per heavy atom. The summed E-state index contributed by atoms with van der Waals surface area (Å²) in [7, 11) is 0. The van der Waals surface area contributed by atoms with Gasteiger partial charge in [-0.25, -0.2) is 9.18 Å². The number of urea groups is 1. The first-order valence-corrected chi connectivity index (χ1v) is 7.13. The van der Waals surface area contributed by atoms with Gasteiger partial charge in [-0.15, -0.1) is 0 Å². The van der Waals surface area contributed by atoms with E-state index in [2.05, 4.69) is 10.6 Å². The van der Waals surface area contributed by atoms with Crippen molar-refractivity contribution in [1.29, 1.82) is 0 Å². The van der Waals surface area contributed by atoms with Gasteiger partial charge in [-0.1, -0.05) is 19.1 Å². The second-order valence-electron chi connectivity index (χ2n) is 5.20. The first-order valence-electron chi connectivity index (χ1n) is 7.13. The van der Waals surface area contributed by atoms with E-state index in [0.29, 0.717) is 18.7 Å². The van der Waals surface area contributed by atoms with Gasteiger partial charge >= 0.3 is 6.03 Å². The highest BCUT2D eigenvalue weighted by Crippen LogP contribution is 2.23. The molecule has 1 aliphatic heterocycles. The van der Waals surface area contributed by atoms with E-state index in [0.717, 1.165) is 6.42 Å². The van der Waals surface area contributed by atoms with E-state index in [-0.39, 0.29) is 23.8 Å². The maximum atomic E-state index is 13.0. The predicted octanol–water partition coefficient (Wildman–Crippen LogP) is 1.81. The number of carbonyl (C=O) groups excluding carboxylic acids is 2. The number of carbonyl (C=O) groups is 2. The highest BCUT2D eigenvalue weighted by atomic mass is 19.1. The molecule has 2 rings (SSSR count). The van der Waals surface area contributed by atoms with E-state index in [4.69, 9.17) is 0 Å². The molecule has 0 bridgehead atoms. The molecule has 0 radical (unpaired) electrons. The van der Waals surface area contributed by atoms with Crippen LogP contribution in [-0.2, 0) is 4.79 Å². The van der Waals surface area contributed by atoms with Crippen molar-refractivity contribution >= 4 is 11.9 Å². The van der Waals surface area contributed by atoms with E-state index in [1.54, 1.807) is 0 Å². The van der Waals surface area contributed by atoms with Crippen LogP contribution in [0.4, 0.5) is 9.18 Å². The third-order valence-corrected chi connectivity index (χ3v) is 3.64. The first kappa shape index (κ1) is 15.3. The molecule has 1 heterocycles. The molecule has 114 valence electrons. The van der Waals surface area contributed by atoms with Gasteiger partial charge in [0.25, 0.3) is 0 Å². The number of nitrogens with zero attached hydrogens (tertiary/aromatic N) is 1. The monoisotopic (exact) mass is 293 g/mol. The molecule has 1 aromatic rings. The fourth-order valence-electron chi connectivity index (χ4n) is 2.26. The molecule has 0 saturated carbocycles. The lowest BCUT2D eigenvalue weighted by atomic mass is 10.0. The molecule has 0 aromatic heterocycles. The number of benzene rings is 1. The number of nitrogens with one attached hydrogen (secondary N) is 2. The average molecular weight is 293 g/mol. The van der Waals surface area contributed by atoms with Crippen molar-refractivity contribution in [3.05, 3.63) is 35.6 Å². The molecule has 0 spiro atoms. The maximum Gasteiger partial charge on any atom is 0.318 e. The normalized spacial score (nSPS) is 19.9. The summed E-state index contributed by atoms with van der Waals surface area (Å²) in [6.45, 7) is 4.74. The lowest BCUT2D eigenvalue weighted by Crippen LogP contribution is -2.55. The lowest BCUT2D eigenvalue weighted by molar-refractivity contribution is -0.127. The number of rotatable bonds is 3. The topological polar surface area (TPSA) is 61.4 Å². The zero-order chi connectivity index (χ0) is 15.4. The SMILES string of the molecule is CCC(C)NC(=O)N1CCNC(=O)C1c1ccc(F)cc1. The van der Waals surface area contributed by atoms with Crippen molar-refractivity contribution in [1.82, 2.24) is 15.5 Å². The Bertz CT molecular complexity index is 518. The Hall–Kier alpha value is -2.11. The largest absolute Gasteiger partial charge is 0.352 e. The smallest absolute Gasteiger partial charge is 0.318 e. The van der Waals surface area contributed by atoms with Crippen molar-refractivity contribution in [2.45, 2.75) is 32.4 Å². The number of hydrogen-bond donors (Lipinski definition) is 2. The van der Waals surface area contributed by atoms with Gasteiger partial charge in [-0.2, -0.15) is 0 Å². The number of halogens is 1. The molecule has 1 aliphatic rings. The van der Waals surface area contributed by atoms with Crippen LogP contribution in [0.2, 0.25) is 0 Å². The average Bonchev–Trinajstić information content (AvgIpc) is 2.48. The molecule has 2 N–H and O–H groups in total. The van der Waals surface area contributed by atoms with E-state index >= 15 is 0 Å².